The van der Waals surface area contributed by atoms with Crippen LogP contribution in [0.15, 0.2) is 0 Å². The Balaban J connectivity index is 2.24. The van der Waals surface area contributed by atoms with Gasteiger partial charge in [-0.25, -0.2) is 9.78 Å². The number of rotatable bonds is 4. The van der Waals surface area contributed by atoms with Gasteiger partial charge >= 0.3 is 0 Å². The standard InChI is InChI=1S/C10H20O3/c1-4-9(2)12-13-10(3)7-5-6-8-11-10/h9H,4-8H2,1-3H3. The first kappa shape index (κ1) is 11.0. The van der Waals surface area contributed by atoms with E-state index in [1.165, 1.54) is 0 Å². The van der Waals surface area contributed by atoms with E-state index in [-0.39, 0.29) is 6.10 Å². The highest BCUT2D eigenvalue weighted by Crippen LogP contribution is 2.26. The van der Waals surface area contributed by atoms with Gasteiger partial charge in [0, 0.05) is 6.42 Å². The maximum atomic E-state index is 5.51. The number of hydrogen-bond acceptors (Lipinski definition) is 3. The SMILES string of the molecule is CCC(C)OOC1(C)CCCCO1. The quantitative estimate of drug-likeness (QED) is 0.501. The lowest BCUT2D eigenvalue weighted by Gasteiger charge is -2.32. The van der Waals surface area contributed by atoms with Crippen LogP contribution in [-0.4, -0.2) is 18.5 Å². The van der Waals surface area contributed by atoms with Crippen LogP contribution in [0.25, 0.3) is 0 Å². The molecule has 1 rings (SSSR count). The first-order chi connectivity index (χ1) is 6.16. The van der Waals surface area contributed by atoms with Crippen molar-refractivity contribution < 1.29 is 14.5 Å². The summed E-state index contributed by atoms with van der Waals surface area (Å²) < 4.78 is 5.51. The molecule has 0 spiro atoms. The van der Waals surface area contributed by atoms with E-state index >= 15 is 0 Å². The van der Waals surface area contributed by atoms with E-state index < -0.39 is 5.79 Å². The van der Waals surface area contributed by atoms with Gasteiger partial charge in [-0.05, 0) is 33.1 Å². The van der Waals surface area contributed by atoms with Crippen molar-refractivity contribution >= 4 is 0 Å². The van der Waals surface area contributed by atoms with E-state index in [0.29, 0.717) is 0 Å². The Kier molecular flexibility index (Phi) is 4.16. The van der Waals surface area contributed by atoms with Crippen molar-refractivity contribution in [3.05, 3.63) is 0 Å². The maximum absolute atomic E-state index is 5.51. The minimum atomic E-state index is -0.512. The van der Waals surface area contributed by atoms with Crippen LogP contribution >= 0.6 is 0 Å². The Bertz CT molecular complexity index is 141. The Morgan fingerprint density at radius 2 is 2.23 bits per heavy atom. The van der Waals surface area contributed by atoms with Crippen LogP contribution in [0, 0.1) is 0 Å². The molecular formula is C10H20O3. The summed E-state index contributed by atoms with van der Waals surface area (Å²) in [5.74, 6) is -0.512. The first-order valence-corrected chi connectivity index (χ1v) is 5.15. The van der Waals surface area contributed by atoms with Crippen LogP contribution in [0.1, 0.15) is 46.5 Å². The number of hydrogen-bond donors (Lipinski definition) is 0. The van der Waals surface area contributed by atoms with Crippen LogP contribution < -0.4 is 0 Å². The van der Waals surface area contributed by atoms with Crippen molar-refractivity contribution in [2.75, 3.05) is 6.61 Å². The van der Waals surface area contributed by atoms with E-state index in [1.807, 2.05) is 13.8 Å². The summed E-state index contributed by atoms with van der Waals surface area (Å²) in [6.45, 7) is 6.78. The zero-order valence-electron chi connectivity index (χ0n) is 8.84. The topological polar surface area (TPSA) is 27.7 Å². The smallest absolute Gasteiger partial charge is 0.198 e. The van der Waals surface area contributed by atoms with Gasteiger partial charge in [-0.3, -0.25) is 0 Å². The molecule has 0 aliphatic carbocycles. The van der Waals surface area contributed by atoms with Crippen LogP contribution in [-0.2, 0) is 14.5 Å². The summed E-state index contributed by atoms with van der Waals surface area (Å²) in [4.78, 5) is 10.5. The fourth-order valence-electron chi connectivity index (χ4n) is 1.23. The predicted molar refractivity (Wildman–Crippen MR) is 50.1 cm³/mol. The highest BCUT2D eigenvalue weighted by Gasteiger charge is 2.30. The lowest BCUT2D eigenvalue weighted by molar-refractivity contribution is -0.444. The third kappa shape index (κ3) is 3.63. The average Bonchev–Trinajstić information content (AvgIpc) is 2.15. The summed E-state index contributed by atoms with van der Waals surface area (Å²) in [6.07, 6.45) is 4.30. The summed E-state index contributed by atoms with van der Waals surface area (Å²) >= 11 is 0. The third-order valence-electron chi connectivity index (χ3n) is 2.40. The van der Waals surface area contributed by atoms with Crippen molar-refractivity contribution in [2.24, 2.45) is 0 Å². The Morgan fingerprint density at radius 3 is 2.77 bits per heavy atom. The second kappa shape index (κ2) is 4.94. The number of ether oxygens (including phenoxy) is 1. The van der Waals surface area contributed by atoms with Crippen LogP contribution in [0.2, 0.25) is 0 Å². The van der Waals surface area contributed by atoms with Gasteiger partial charge in [0.1, 0.15) is 0 Å². The van der Waals surface area contributed by atoms with E-state index in [1.54, 1.807) is 0 Å². The zero-order valence-corrected chi connectivity index (χ0v) is 8.84. The van der Waals surface area contributed by atoms with Crippen molar-refractivity contribution in [3.63, 3.8) is 0 Å². The fourth-order valence-corrected chi connectivity index (χ4v) is 1.23. The molecule has 0 aromatic heterocycles. The Hall–Kier alpha value is -0.120. The normalized spacial score (nSPS) is 31.6. The highest BCUT2D eigenvalue weighted by molar-refractivity contribution is 4.66. The molecule has 0 aromatic rings. The third-order valence-corrected chi connectivity index (χ3v) is 2.40. The molecule has 0 saturated carbocycles. The molecule has 0 radical (unpaired) electrons. The lowest BCUT2D eigenvalue weighted by Crippen LogP contribution is -2.36. The van der Waals surface area contributed by atoms with Crippen molar-refractivity contribution in [1.82, 2.24) is 0 Å². The second-order valence-electron chi connectivity index (χ2n) is 3.84. The van der Waals surface area contributed by atoms with Crippen LogP contribution in [0.5, 0.6) is 0 Å². The van der Waals surface area contributed by atoms with E-state index in [9.17, 15) is 0 Å². The van der Waals surface area contributed by atoms with Crippen molar-refractivity contribution in [1.29, 1.82) is 0 Å². The van der Waals surface area contributed by atoms with Gasteiger partial charge < -0.3 is 4.74 Å². The fraction of sp³-hybridized carbons (Fsp3) is 1.00. The van der Waals surface area contributed by atoms with Crippen molar-refractivity contribution in [3.8, 4) is 0 Å². The molecule has 0 aromatic carbocycles. The van der Waals surface area contributed by atoms with E-state index in [0.717, 1.165) is 32.3 Å². The first-order valence-electron chi connectivity index (χ1n) is 5.15. The van der Waals surface area contributed by atoms with E-state index in [4.69, 9.17) is 14.5 Å². The van der Waals surface area contributed by atoms with Gasteiger partial charge in [-0.2, -0.15) is 0 Å². The molecule has 1 aliphatic rings. The maximum Gasteiger partial charge on any atom is 0.198 e. The van der Waals surface area contributed by atoms with Gasteiger partial charge in [0.25, 0.3) is 0 Å². The molecule has 1 fully saturated rings. The molecule has 1 saturated heterocycles. The van der Waals surface area contributed by atoms with Crippen LogP contribution in [0.3, 0.4) is 0 Å². The molecule has 0 bridgehead atoms. The molecule has 2 atom stereocenters. The minimum absolute atomic E-state index is 0.141. The summed E-state index contributed by atoms with van der Waals surface area (Å²) in [5, 5.41) is 0. The summed E-state index contributed by atoms with van der Waals surface area (Å²) in [6, 6.07) is 0. The van der Waals surface area contributed by atoms with Gasteiger partial charge in [0.05, 0.1) is 12.7 Å². The molecule has 0 amide bonds. The predicted octanol–water partition coefficient (Wildman–Crippen LogP) is 2.65. The molecule has 13 heavy (non-hydrogen) atoms. The molecule has 2 unspecified atom stereocenters. The van der Waals surface area contributed by atoms with Gasteiger partial charge in [0.15, 0.2) is 5.79 Å². The average molecular weight is 188 g/mol. The summed E-state index contributed by atoms with van der Waals surface area (Å²) in [5.41, 5.74) is 0. The largest absolute Gasteiger partial charge is 0.348 e. The van der Waals surface area contributed by atoms with Gasteiger partial charge in [0.2, 0.25) is 0 Å². The molecule has 3 nitrogen and oxygen atoms in total. The second-order valence-corrected chi connectivity index (χ2v) is 3.84. The van der Waals surface area contributed by atoms with Gasteiger partial charge in [-0.15, -0.1) is 0 Å². The molecule has 0 N–H and O–H groups in total. The summed E-state index contributed by atoms with van der Waals surface area (Å²) in [7, 11) is 0. The lowest BCUT2D eigenvalue weighted by atomic mass is 10.1. The van der Waals surface area contributed by atoms with Crippen LogP contribution in [0.4, 0.5) is 0 Å². The molecule has 1 aliphatic heterocycles. The minimum Gasteiger partial charge on any atom is -0.348 e. The van der Waals surface area contributed by atoms with Gasteiger partial charge in [-0.1, -0.05) is 6.92 Å². The Morgan fingerprint density at radius 1 is 1.46 bits per heavy atom. The highest BCUT2D eigenvalue weighted by atomic mass is 17.2. The molecule has 78 valence electrons. The van der Waals surface area contributed by atoms with Crippen molar-refractivity contribution in [2.45, 2.75) is 58.3 Å². The molecule has 1 heterocycles. The Labute approximate surface area is 80.3 Å². The molecule has 3 heteroatoms. The monoisotopic (exact) mass is 188 g/mol. The zero-order chi connectivity index (χ0) is 9.73. The molecular weight excluding hydrogens is 168 g/mol. The van der Waals surface area contributed by atoms with E-state index in [2.05, 4.69) is 6.92 Å².